The first-order valence-corrected chi connectivity index (χ1v) is 7.23. The summed E-state index contributed by atoms with van der Waals surface area (Å²) in [6.45, 7) is 8.45. The second-order valence-corrected chi connectivity index (χ2v) is 5.76. The van der Waals surface area contributed by atoms with Crippen molar-refractivity contribution >= 4 is 11.3 Å². The minimum absolute atomic E-state index is 0.120. The molecule has 2 N–H and O–H groups in total. The van der Waals surface area contributed by atoms with E-state index in [1.165, 1.54) is 16.1 Å². The van der Waals surface area contributed by atoms with Crippen LogP contribution in [0.1, 0.15) is 41.2 Å². The molecular weight excluding hydrogens is 242 g/mol. The van der Waals surface area contributed by atoms with Crippen molar-refractivity contribution in [2.24, 2.45) is 5.73 Å². The molecule has 0 bridgehead atoms. The van der Waals surface area contributed by atoms with Gasteiger partial charge in [-0.1, -0.05) is 6.92 Å². The summed E-state index contributed by atoms with van der Waals surface area (Å²) in [4.78, 5) is 5.76. The molecule has 4 heteroatoms. The minimum atomic E-state index is 0.120. The predicted octanol–water partition coefficient (Wildman–Crippen LogP) is 3.20. The Morgan fingerprint density at radius 3 is 2.56 bits per heavy atom. The van der Waals surface area contributed by atoms with Crippen molar-refractivity contribution in [3.05, 3.63) is 39.6 Å². The van der Waals surface area contributed by atoms with Gasteiger partial charge in [-0.25, -0.2) is 4.98 Å². The molecule has 2 aromatic heterocycles. The van der Waals surface area contributed by atoms with E-state index in [-0.39, 0.29) is 12.1 Å². The number of hydrogen-bond donors (Lipinski definition) is 1. The maximum absolute atomic E-state index is 6.35. The van der Waals surface area contributed by atoms with Gasteiger partial charge in [0.25, 0.3) is 0 Å². The number of aryl methyl sites for hydroxylation is 2. The Hall–Kier alpha value is -1.13. The van der Waals surface area contributed by atoms with E-state index in [9.17, 15) is 0 Å². The molecule has 0 aliphatic heterocycles. The zero-order valence-corrected chi connectivity index (χ0v) is 12.3. The molecule has 0 spiro atoms. The Labute approximate surface area is 113 Å². The molecule has 0 saturated heterocycles. The van der Waals surface area contributed by atoms with Gasteiger partial charge in [-0.3, -0.25) is 0 Å². The molecule has 98 valence electrons. The Kier molecular flexibility index (Phi) is 3.88. The first-order chi connectivity index (χ1) is 8.56. The molecule has 0 radical (unpaired) electrons. The Balaban J connectivity index is 2.50. The molecule has 0 aromatic carbocycles. The number of nitrogens with zero attached hydrogens (tertiary/aromatic N) is 2. The first-order valence-electron chi connectivity index (χ1n) is 6.35. The van der Waals surface area contributed by atoms with Crippen molar-refractivity contribution in [2.45, 2.75) is 46.2 Å². The molecule has 2 unspecified atom stereocenters. The molecule has 3 nitrogen and oxygen atoms in total. The van der Waals surface area contributed by atoms with Crippen LogP contribution in [0.5, 0.6) is 0 Å². The topological polar surface area (TPSA) is 43.8 Å². The van der Waals surface area contributed by atoms with Gasteiger partial charge in [0.1, 0.15) is 0 Å². The lowest BCUT2D eigenvalue weighted by Gasteiger charge is -2.25. The average molecular weight is 263 g/mol. The third-order valence-electron chi connectivity index (χ3n) is 3.63. The molecule has 2 heterocycles. The van der Waals surface area contributed by atoms with E-state index in [4.69, 9.17) is 5.73 Å². The molecule has 2 aromatic rings. The van der Waals surface area contributed by atoms with E-state index < -0.39 is 0 Å². The monoisotopic (exact) mass is 263 g/mol. The molecule has 0 aliphatic rings. The largest absolute Gasteiger partial charge is 0.326 e. The Morgan fingerprint density at radius 1 is 1.39 bits per heavy atom. The van der Waals surface area contributed by atoms with Crippen molar-refractivity contribution in [3.63, 3.8) is 0 Å². The summed E-state index contributed by atoms with van der Waals surface area (Å²) in [6.07, 6.45) is 2.88. The smallest absolute Gasteiger partial charge is 0.0958 e. The van der Waals surface area contributed by atoms with Gasteiger partial charge in [-0.05, 0) is 44.2 Å². The van der Waals surface area contributed by atoms with Gasteiger partial charge < -0.3 is 10.3 Å². The lowest BCUT2D eigenvalue weighted by atomic mass is 10.0. The molecule has 0 saturated carbocycles. The maximum Gasteiger partial charge on any atom is 0.0958 e. The lowest BCUT2D eigenvalue weighted by molar-refractivity contribution is 0.456. The number of nitrogens with two attached hydrogens (primary N) is 1. The van der Waals surface area contributed by atoms with Crippen molar-refractivity contribution in [2.75, 3.05) is 0 Å². The second kappa shape index (κ2) is 5.24. The van der Waals surface area contributed by atoms with E-state index in [1.54, 1.807) is 11.3 Å². The van der Waals surface area contributed by atoms with E-state index in [1.807, 2.05) is 13.3 Å². The summed E-state index contributed by atoms with van der Waals surface area (Å²) in [6, 6.07) is 2.49. The SMILES string of the molecule is CCC(N)C(c1sccc1C)n1cnc(C)c1C. The third kappa shape index (κ3) is 2.22. The van der Waals surface area contributed by atoms with Crippen LogP contribution < -0.4 is 5.73 Å². The zero-order valence-electron chi connectivity index (χ0n) is 11.5. The van der Waals surface area contributed by atoms with Crippen molar-refractivity contribution in [1.82, 2.24) is 9.55 Å². The number of imidazole rings is 1. The Morgan fingerprint density at radius 2 is 2.11 bits per heavy atom. The van der Waals surface area contributed by atoms with E-state index in [0.29, 0.717) is 0 Å². The summed E-state index contributed by atoms with van der Waals surface area (Å²) in [5.41, 5.74) is 9.95. The van der Waals surface area contributed by atoms with Gasteiger partial charge in [0.15, 0.2) is 0 Å². The minimum Gasteiger partial charge on any atom is -0.326 e. The van der Waals surface area contributed by atoms with Crippen molar-refractivity contribution < 1.29 is 0 Å². The van der Waals surface area contributed by atoms with Crippen LogP contribution in [0.25, 0.3) is 0 Å². The van der Waals surface area contributed by atoms with Gasteiger partial charge in [0.2, 0.25) is 0 Å². The molecule has 0 aliphatic carbocycles. The first kappa shape index (κ1) is 13.3. The van der Waals surface area contributed by atoms with Crippen LogP contribution in [-0.2, 0) is 0 Å². The highest BCUT2D eigenvalue weighted by atomic mass is 32.1. The maximum atomic E-state index is 6.35. The normalized spacial score (nSPS) is 14.7. The van der Waals surface area contributed by atoms with Crippen LogP contribution in [0.4, 0.5) is 0 Å². The molecule has 0 fully saturated rings. The van der Waals surface area contributed by atoms with Crippen molar-refractivity contribution in [1.29, 1.82) is 0 Å². The van der Waals surface area contributed by atoms with Crippen LogP contribution in [0.2, 0.25) is 0 Å². The fraction of sp³-hybridized carbons (Fsp3) is 0.500. The van der Waals surface area contributed by atoms with Crippen LogP contribution in [0, 0.1) is 20.8 Å². The molecule has 2 atom stereocenters. The zero-order chi connectivity index (χ0) is 13.3. The highest BCUT2D eigenvalue weighted by Crippen LogP contribution is 2.31. The highest BCUT2D eigenvalue weighted by molar-refractivity contribution is 7.10. The van der Waals surface area contributed by atoms with Crippen LogP contribution in [0.15, 0.2) is 17.8 Å². The predicted molar refractivity (Wildman–Crippen MR) is 77.2 cm³/mol. The third-order valence-corrected chi connectivity index (χ3v) is 4.72. The summed E-state index contributed by atoms with van der Waals surface area (Å²) >= 11 is 1.79. The average Bonchev–Trinajstić information content (AvgIpc) is 2.91. The lowest BCUT2D eigenvalue weighted by Crippen LogP contribution is -2.32. The van der Waals surface area contributed by atoms with Gasteiger partial charge in [0.05, 0.1) is 18.1 Å². The van der Waals surface area contributed by atoms with E-state index in [2.05, 4.69) is 41.8 Å². The Bertz CT molecular complexity index is 527. The molecule has 0 amide bonds. The summed E-state index contributed by atoms with van der Waals surface area (Å²) in [5.74, 6) is 0. The summed E-state index contributed by atoms with van der Waals surface area (Å²) in [7, 11) is 0. The molecular formula is C14H21N3S. The molecule has 2 rings (SSSR count). The summed E-state index contributed by atoms with van der Waals surface area (Å²) in [5, 5.41) is 2.14. The fourth-order valence-corrected chi connectivity index (χ4v) is 3.33. The number of rotatable bonds is 4. The summed E-state index contributed by atoms with van der Waals surface area (Å²) < 4.78 is 2.22. The van der Waals surface area contributed by atoms with Gasteiger partial charge in [0, 0.05) is 16.6 Å². The number of hydrogen-bond acceptors (Lipinski definition) is 3. The number of aromatic nitrogens is 2. The van der Waals surface area contributed by atoms with Crippen LogP contribution >= 0.6 is 11.3 Å². The van der Waals surface area contributed by atoms with Gasteiger partial charge >= 0.3 is 0 Å². The van der Waals surface area contributed by atoms with Gasteiger partial charge in [-0.15, -0.1) is 11.3 Å². The quantitative estimate of drug-likeness (QED) is 0.920. The number of thiophene rings is 1. The molecule has 18 heavy (non-hydrogen) atoms. The van der Waals surface area contributed by atoms with Crippen LogP contribution in [0.3, 0.4) is 0 Å². The second-order valence-electron chi connectivity index (χ2n) is 4.81. The van der Waals surface area contributed by atoms with Crippen molar-refractivity contribution in [3.8, 4) is 0 Å². The van der Waals surface area contributed by atoms with Crippen LogP contribution in [-0.4, -0.2) is 15.6 Å². The van der Waals surface area contributed by atoms with Gasteiger partial charge in [-0.2, -0.15) is 0 Å². The van der Waals surface area contributed by atoms with E-state index >= 15 is 0 Å². The van der Waals surface area contributed by atoms with E-state index in [0.717, 1.165) is 12.1 Å². The fourth-order valence-electron chi connectivity index (χ4n) is 2.23. The highest BCUT2D eigenvalue weighted by Gasteiger charge is 2.24. The standard InChI is InChI=1S/C14H21N3S/c1-5-12(15)13(14-9(2)6-7-18-14)17-8-16-10(3)11(17)4/h6-8,12-13H,5,15H2,1-4H3.